The zero-order valence-electron chi connectivity index (χ0n) is 13.2. The Morgan fingerprint density at radius 2 is 1.78 bits per heavy atom. The van der Waals surface area contributed by atoms with Gasteiger partial charge in [0.2, 0.25) is 0 Å². The number of hydrogen-bond donors (Lipinski definition) is 0. The van der Waals surface area contributed by atoms with Crippen LogP contribution in [0.2, 0.25) is 0 Å². The van der Waals surface area contributed by atoms with E-state index in [1.165, 1.54) is 24.0 Å². The lowest BCUT2D eigenvalue weighted by molar-refractivity contribution is -0.126. The second-order valence-corrected chi connectivity index (χ2v) is 5.24. The average Bonchev–Trinajstić information content (AvgIpc) is 2.56. The largest absolute Gasteiger partial charge is 0.449 e. The third-order valence-corrected chi connectivity index (χ3v) is 3.51. The highest BCUT2D eigenvalue weighted by atomic mass is 19.1. The van der Waals surface area contributed by atoms with E-state index in [0.717, 1.165) is 6.07 Å². The van der Waals surface area contributed by atoms with Crippen LogP contribution in [0.4, 0.5) is 10.1 Å². The number of nitrogens with zero attached hydrogens (tertiary/aromatic N) is 1. The van der Waals surface area contributed by atoms with Gasteiger partial charge in [0.05, 0.1) is 5.56 Å². The molecule has 2 aromatic carbocycles. The van der Waals surface area contributed by atoms with E-state index in [4.69, 9.17) is 4.74 Å². The highest BCUT2D eigenvalue weighted by molar-refractivity contribution is 5.98. The summed E-state index contributed by atoms with van der Waals surface area (Å²) in [5.74, 6) is -1.58. The molecule has 0 bridgehead atoms. The molecule has 23 heavy (non-hydrogen) atoms. The highest BCUT2D eigenvalue weighted by Crippen LogP contribution is 2.15. The van der Waals surface area contributed by atoms with E-state index in [0.29, 0.717) is 11.3 Å². The third kappa shape index (κ3) is 3.94. The molecule has 0 saturated carbocycles. The Morgan fingerprint density at radius 1 is 1.13 bits per heavy atom. The van der Waals surface area contributed by atoms with Crippen molar-refractivity contribution in [1.29, 1.82) is 0 Å². The Hall–Kier alpha value is -2.69. The summed E-state index contributed by atoms with van der Waals surface area (Å²) in [5, 5.41) is 0. The first kappa shape index (κ1) is 16.7. The maximum atomic E-state index is 13.5. The van der Waals surface area contributed by atoms with Gasteiger partial charge in [0.15, 0.2) is 6.10 Å². The number of carbonyl (C=O) groups excluding carboxylic acids is 2. The van der Waals surface area contributed by atoms with Gasteiger partial charge in [0.1, 0.15) is 5.82 Å². The van der Waals surface area contributed by atoms with Crippen LogP contribution in [0.15, 0.2) is 48.5 Å². The molecule has 120 valence electrons. The van der Waals surface area contributed by atoms with Crippen molar-refractivity contribution in [3.05, 3.63) is 65.5 Å². The van der Waals surface area contributed by atoms with Crippen molar-refractivity contribution in [3.63, 3.8) is 0 Å². The van der Waals surface area contributed by atoms with Crippen molar-refractivity contribution < 1.29 is 18.7 Å². The summed E-state index contributed by atoms with van der Waals surface area (Å²) in [4.78, 5) is 25.7. The molecule has 0 aliphatic rings. The van der Waals surface area contributed by atoms with Crippen molar-refractivity contribution in [2.24, 2.45) is 0 Å². The monoisotopic (exact) mass is 315 g/mol. The molecule has 4 nitrogen and oxygen atoms in total. The topological polar surface area (TPSA) is 46.6 Å². The molecule has 1 amide bonds. The van der Waals surface area contributed by atoms with Gasteiger partial charge in [-0.2, -0.15) is 0 Å². The summed E-state index contributed by atoms with van der Waals surface area (Å²) in [5.41, 5.74) is 1.21. The second kappa shape index (κ2) is 7.05. The number of esters is 1. The van der Waals surface area contributed by atoms with Crippen LogP contribution >= 0.6 is 0 Å². The molecular weight excluding hydrogens is 297 g/mol. The quantitative estimate of drug-likeness (QED) is 0.813. The smallest absolute Gasteiger partial charge is 0.339 e. The lowest BCUT2D eigenvalue weighted by Gasteiger charge is -2.21. The van der Waals surface area contributed by atoms with Crippen molar-refractivity contribution in [2.45, 2.75) is 20.0 Å². The van der Waals surface area contributed by atoms with Crippen LogP contribution in [0.25, 0.3) is 0 Å². The molecule has 0 spiro atoms. The van der Waals surface area contributed by atoms with E-state index < -0.39 is 17.9 Å². The SMILES string of the molecule is Cc1ccc(C(=O)O[C@H](C)C(=O)N(C)c2ccccc2)cc1F. The molecule has 0 aliphatic carbocycles. The highest BCUT2D eigenvalue weighted by Gasteiger charge is 2.23. The number of carbonyl (C=O) groups is 2. The number of amides is 1. The number of benzene rings is 2. The first-order valence-electron chi connectivity index (χ1n) is 7.20. The first-order valence-corrected chi connectivity index (χ1v) is 7.20. The molecule has 0 aliphatic heterocycles. The fourth-order valence-corrected chi connectivity index (χ4v) is 2.05. The summed E-state index contributed by atoms with van der Waals surface area (Å²) in [6.07, 6.45) is -0.975. The van der Waals surface area contributed by atoms with E-state index >= 15 is 0 Å². The summed E-state index contributed by atoms with van der Waals surface area (Å²) >= 11 is 0. The van der Waals surface area contributed by atoms with E-state index in [1.807, 2.05) is 18.2 Å². The Balaban J connectivity index is 2.05. The standard InChI is InChI=1S/C18H18FNO3/c1-12-9-10-14(11-16(12)19)18(22)23-13(2)17(21)20(3)15-7-5-4-6-8-15/h4-11,13H,1-3H3/t13-/m1/s1. The van der Waals surface area contributed by atoms with Gasteiger partial charge in [-0.15, -0.1) is 0 Å². The maximum Gasteiger partial charge on any atom is 0.339 e. The maximum absolute atomic E-state index is 13.5. The van der Waals surface area contributed by atoms with Crippen LogP contribution < -0.4 is 4.90 Å². The predicted molar refractivity (Wildman–Crippen MR) is 85.9 cm³/mol. The van der Waals surface area contributed by atoms with Crippen molar-refractivity contribution in [3.8, 4) is 0 Å². The first-order chi connectivity index (χ1) is 10.9. The van der Waals surface area contributed by atoms with Crippen LogP contribution in [-0.4, -0.2) is 25.0 Å². The molecule has 2 rings (SSSR count). The molecule has 2 aromatic rings. The van der Waals surface area contributed by atoms with Gasteiger partial charge >= 0.3 is 5.97 Å². The van der Waals surface area contributed by atoms with Crippen LogP contribution in [0, 0.1) is 12.7 Å². The van der Waals surface area contributed by atoms with E-state index in [9.17, 15) is 14.0 Å². The molecule has 5 heteroatoms. The fourth-order valence-electron chi connectivity index (χ4n) is 2.05. The zero-order chi connectivity index (χ0) is 17.0. The molecule has 0 fully saturated rings. The number of aryl methyl sites for hydroxylation is 1. The van der Waals surface area contributed by atoms with Gasteiger partial charge in [-0.05, 0) is 43.7 Å². The van der Waals surface area contributed by atoms with Gasteiger partial charge < -0.3 is 9.64 Å². The number of halogens is 1. The number of anilines is 1. The third-order valence-electron chi connectivity index (χ3n) is 3.51. The second-order valence-electron chi connectivity index (χ2n) is 5.24. The summed E-state index contributed by atoms with van der Waals surface area (Å²) in [6, 6.07) is 13.1. The minimum absolute atomic E-state index is 0.0788. The Morgan fingerprint density at radius 3 is 2.39 bits per heavy atom. The van der Waals surface area contributed by atoms with Gasteiger partial charge in [0.25, 0.3) is 5.91 Å². The normalized spacial score (nSPS) is 11.7. The van der Waals surface area contributed by atoms with Crippen molar-refractivity contribution in [2.75, 3.05) is 11.9 Å². The van der Waals surface area contributed by atoms with Crippen LogP contribution in [-0.2, 0) is 9.53 Å². The summed E-state index contributed by atoms with van der Waals surface area (Å²) in [6.45, 7) is 3.09. The van der Waals surface area contributed by atoms with Crippen molar-refractivity contribution in [1.82, 2.24) is 0 Å². The van der Waals surface area contributed by atoms with Crippen LogP contribution in [0.5, 0.6) is 0 Å². The predicted octanol–water partition coefficient (Wildman–Crippen LogP) is 3.34. The van der Waals surface area contributed by atoms with Gasteiger partial charge in [-0.1, -0.05) is 24.3 Å². The minimum Gasteiger partial charge on any atom is -0.449 e. The fraction of sp³-hybridized carbons (Fsp3) is 0.222. The zero-order valence-corrected chi connectivity index (χ0v) is 13.2. The van der Waals surface area contributed by atoms with Crippen LogP contribution in [0.1, 0.15) is 22.8 Å². The number of rotatable bonds is 4. The Kier molecular flexibility index (Phi) is 5.11. The summed E-state index contributed by atoms with van der Waals surface area (Å²) < 4.78 is 18.6. The molecule has 0 aromatic heterocycles. The van der Waals surface area contributed by atoms with E-state index in [2.05, 4.69) is 0 Å². The van der Waals surface area contributed by atoms with Crippen LogP contribution in [0.3, 0.4) is 0 Å². The molecule has 0 N–H and O–H groups in total. The van der Waals surface area contributed by atoms with Gasteiger partial charge in [-0.3, -0.25) is 4.79 Å². The van der Waals surface area contributed by atoms with Crippen molar-refractivity contribution >= 4 is 17.6 Å². The average molecular weight is 315 g/mol. The molecule has 0 heterocycles. The number of hydrogen-bond acceptors (Lipinski definition) is 3. The lowest BCUT2D eigenvalue weighted by atomic mass is 10.1. The minimum atomic E-state index is -0.975. The lowest BCUT2D eigenvalue weighted by Crippen LogP contribution is -2.37. The Labute approximate surface area is 134 Å². The molecular formula is C18H18FNO3. The van der Waals surface area contributed by atoms with Gasteiger partial charge in [-0.25, -0.2) is 9.18 Å². The van der Waals surface area contributed by atoms with Gasteiger partial charge in [0, 0.05) is 12.7 Å². The molecule has 0 unspecified atom stereocenters. The molecule has 0 radical (unpaired) electrons. The number of likely N-dealkylation sites (N-methyl/N-ethyl adjacent to an activating group) is 1. The van der Waals surface area contributed by atoms with E-state index in [-0.39, 0.29) is 11.5 Å². The summed E-state index contributed by atoms with van der Waals surface area (Å²) in [7, 11) is 1.60. The molecule has 1 atom stereocenters. The Bertz CT molecular complexity index is 715. The number of para-hydroxylation sites is 1. The van der Waals surface area contributed by atoms with E-state index in [1.54, 1.807) is 26.1 Å². The number of ether oxygens (including phenoxy) is 1. The molecule has 0 saturated heterocycles.